The molecule has 5 nitrogen and oxygen atoms in total. The van der Waals surface area contributed by atoms with Gasteiger partial charge in [-0.2, -0.15) is 0 Å². The third-order valence-corrected chi connectivity index (χ3v) is 7.35. The number of hydrogen-bond donors (Lipinski definition) is 4. The van der Waals surface area contributed by atoms with E-state index in [-0.39, 0.29) is 0 Å². The van der Waals surface area contributed by atoms with Crippen molar-refractivity contribution in [1.82, 2.24) is 20.6 Å². The Morgan fingerprint density at radius 2 is 1.94 bits per heavy atom. The lowest BCUT2D eigenvalue weighted by Crippen LogP contribution is -2.30. The average molecular weight is 440 g/mol. The molecule has 6 rings (SSSR count). The van der Waals surface area contributed by atoms with Gasteiger partial charge in [0, 0.05) is 53.0 Å². The number of aromatic nitrogens is 2. The second kappa shape index (κ2) is 8.39. The van der Waals surface area contributed by atoms with E-state index in [1.165, 1.54) is 37.9 Å². The molecule has 32 heavy (non-hydrogen) atoms. The SMILES string of the molecule is c1cc2cc(-c3ccc(CNC4CCNC4)cc3)sc2c(Nc2ccc3[nH]ccc3c2)n1. The van der Waals surface area contributed by atoms with Gasteiger partial charge in [0.2, 0.25) is 0 Å². The van der Waals surface area contributed by atoms with Gasteiger partial charge < -0.3 is 20.9 Å². The normalized spacial score (nSPS) is 16.2. The Morgan fingerprint density at radius 1 is 1.00 bits per heavy atom. The molecule has 1 aliphatic rings. The third-order valence-electron chi connectivity index (χ3n) is 6.14. The predicted octanol–water partition coefficient (Wildman–Crippen LogP) is 5.64. The first-order valence-electron chi connectivity index (χ1n) is 11.1. The maximum Gasteiger partial charge on any atom is 0.148 e. The highest BCUT2D eigenvalue weighted by Crippen LogP contribution is 2.37. The summed E-state index contributed by atoms with van der Waals surface area (Å²) in [4.78, 5) is 9.13. The molecule has 1 fully saturated rings. The highest BCUT2D eigenvalue weighted by Gasteiger charge is 2.13. The maximum atomic E-state index is 4.63. The monoisotopic (exact) mass is 439 g/mol. The van der Waals surface area contributed by atoms with E-state index < -0.39 is 0 Å². The van der Waals surface area contributed by atoms with Crippen LogP contribution in [-0.4, -0.2) is 29.1 Å². The van der Waals surface area contributed by atoms with Crippen LogP contribution >= 0.6 is 11.3 Å². The van der Waals surface area contributed by atoms with E-state index >= 15 is 0 Å². The van der Waals surface area contributed by atoms with Crippen LogP contribution in [0, 0.1) is 0 Å². The zero-order chi connectivity index (χ0) is 21.3. The number of pyridine rings is 1. The smallest absolute Gasteiger partial charge is 0.148 e. The lowest BCUT2D eigenvalue weighted by atomic mass is 10.1. The lowest BCUT2D eigenvalue weighted by Gasteiger charge is -2.11. The molecule has 0 bridgehead atoms. The summed E-state index contributed by atoms with van der Waals surface area (Å²) in [5.74, 6) is 0.902. The van der Waals surface area contributed by atoms with Gasteiger partial charge in [0.1, 0.15) is 5.82 Å². The summed E-state index contributed by atoms with van der Waals surface area (Å²) < 4.78 is 1.18. The van der Waals surface area contributed by atoms with E-state index in [1.807, 2.05) is 12.4 Å². The average Bonchev–Trinajstić information content (AvgIpc) is 3.58. The number of aromatic amines is 1. The Bertz CT molecular complexity index is 1360. The van der Waals surface area contributed by atoms with Gasteiger partial charge in [-0.15, -0.1) is 11.3 Å². The number of fused-ring (bicyclic) bond motifs is 2. The molecule has 3 aromatic heterocycles. The Labute approximate surface area is 190 Å². The molecular weight excluding hydrogens is 414 g/mol. The van der Waals surface area contributed by atoms with Gasteiger partial charge in [-0.25, -0.2) is 4.98 Å². The standard InChI is InChI=1S/C26H25N5S/c1-3-18(4-2-17(1)15-30-22-9-10-27-16-22)24-14-20-8-12-29-26(25(20)32-24)31-21-5-6-23-19(13-21)7-11-28-23/h1-8,11-14,22,27-28,30H,9-10,15-16H2,(H,29,31). The number of nitrogens with zero attached hydrogens (tertiary/aromatic N) is 1. The van der Waals surface area contributed by atoms with Crippen molar-refractivity contribution in [2.75, 3.05) is 18.4 Å². The summed E-state index contributed by atoms with van der Waals surface area (Å²) >= 11 is 1.79. The second-order valence-corrected chi connectivity index (χ2v) is 9.41. The minimum Gasteiger partial charge on any atom is -0.361 e. The van der Waals surface area contributed by atoms with Gasteiger partial charge in [0.05, 0.1) is 4.70 Å². The first-order valence-corrected chi connectivity index (χ1v) is 11.9. The molecule has 1 unspecified atom stereocenters. The van der Waals surface area contributed by atoms with E-state index in [1.54, 1.807) is 11.3 Å². The quantitative estimate of drug-likeness (QED) is 0.276. The molecule has 4 N–H and O–H groups in total. The molecule has 1 aliphatic heterocycles. The summed E-state index contributed by atoms with van der Waals surface area (Å²) in [7, 11) is 0. The highest BCUT2D eigenvalue weighted by molar-refractivity contribution is 7.22. The molecule has 5 aromatic rings. The molecule has 4 heterocycles. The first kappa shape index (κ1) is 19.5. The summed E-state index contributed by atoms with van der Waals surface area (Å²) in [5.41, 5.74) is 4.75. The molecule has 0 aliphatic carbocycles. The van der Waals surface area contributed by atoms with E-state index in [2.05, 4.69) is 86.6 Å². The molecule has 160 valence electrons. The molecule has 1 saturated heterocycles. The fraction of sp³-hybridized carbons (Fsp3) is 0.192. The van der Waals surface area contributed by atoms with Crippen LogP contribution in [0.25, 0.3) is 31.4 Å². The fourth-order valence-electron chi connectivity index (χ4n) is 4.34. The summed E-state index contributed by atoms with van der Waals surface area (Å²) in [6.45, 7) is 3.11. The number of rotatable bonds is 6. The van der Waals surface area contributed by atoms with Crippen molar-refractivity contribution in [3.05, 3.63) is 78.6 Å². The number of anilines is 2. The molecule has 0 spiro atoms. The highest BCUT2D eigenvalue weighted by atomic mass is 32.1. The van der Waals surface area contributed by atoms with Crippen molar-refractivity contribution < 1.29 is 0 Å². The van der Waals surface area contributed by atoms with Crippen LogP contribution in [0.1, 0.15) is 12.0 Å². The maximum absolute atomic E-state index is 4.63. The number of hydrogen-bond acceptors (Lipinski definition) is 5. The van der Waals surface area contributed by atoms with Crippen molar-refractivity contribution in [2.45, 2.75) is 19.0 Å². The minimum atomic E-state index is 0.591. The fourth-order valence-corrected chi connectivity index (χ4v) is 5.45. The lowest BCUT2D eigenvalue weighted by molar-refractivity contribution is 0.547. The number of nitrogens with one attached hydrogen (secondary N) is 4. The second-order valence-electron chi connectivity index (χ2n) is 8.36. The van der Waals surface area contributed by atoms with Gasteiger partial charge in [-0.05, 0) is 65.9 Å². The van der Waals surface area contributed by atoms with Crippen LogP contribution in [-0.2, 0) is 6.54 Å². The van der Waals surface area contributed by atoms with Gasteiger partial charge >= 0.3 is 0 Å². The van der Waals surface area contributed by atoms with E-state index in [0.29, 0.717) is 6.04 Å². The van der Waals surface area contributed by atoms with Crippen LogP contribution in [0.5, 0.6) is 0 Å². The van der Waals surface area contributed by atoms with E-state index in [0.717, 1.165) is 36.7 Å². The van der Waals surface area contributed by atoms with Gasteiger partial charge in [0.25, 0.3) is 0 Å². The van der Waals surface area contributed by atoms with Crippen molar-refractivity contribution >= 4 is 43.8 Å². The number of benzene rings is 2. The van der Waals surface area contributed by atoms with Crippen LogP contribution < -0.4 is 16.0 Å². The zero-order valence-corrected chi connectivity index (χ0v) is 18.5. The van der Waals surface area contributed by atoms with Crippen LogP contribution in [0.3, 0.4) is 0 Å². The molecular formula is C26H25N5S. The summed E-state index contributed by atoms with van der Waals surface area (Å²) in [5, 5.41) is 13.0. The first-order chi connectivity index (χ1) is 15.8. The van der Waals surface area contributed by atoms with Gasteiger partial charge in [0.15, 0.2) is 0 Å². The number of thiophene rings is 1. The summed E-state index contributed by atoms with van der Waals surface area (Å²) in [6, 6.07) is 22.3. The Kier molecular flexibility index (Phi) is 5.11. The minimum absolute atomic E-state index is 0.591. The largest absolute Gasteiger partial charge is 0.361 e. The van der Waals surface area contributed by atoms with Crippen LogP contribution in [0.15, 0.2) is 73.1 Å². The summed E-state index contributed by atoms with van der Waals surface area (Å²) in [6.07, 6.45) is 5.05. The van der Waals surface area contributed by atoms with Crippen LogP contribution in [0.2, 0.25) is 0 Å². The van der Waals surface area contributed by atoms with Gasteiger partial charge in [-0.1, -0.05) is 24.3 Å². The van der Waals surface area contributed by atoms with Crippen molar-refractivity contribution in [3.8, 4) is 10.4 Å². The topological polar surface area (TPSA) is 64.8 Å². The van der Waals surface area contributed by atoms with Crippen molar-refractivity contribution in [1.29, 1.82) is 0 Å². The zero-order valence-electron chi connectivity index (χ0n) is 17.7. The van der Waals surface area contributed by atoms with Crippen LogP contribution in [0.4, 0.5) is 11.5 Å². The molecule has 6 heteroatoms. The number of H-pyrrole nitrogens is 1. The molecule has 0 amide bonds. The Hall–Kier alpha value is -3.19. The Morgan fingerprint density at radius 3 is 2.81 bits per heavy atom. The third kappa shape index (κ3) is 3.88. The Balaban J connectivity index is 1.23. The predicted molar refractivity (Wildman–Crippen MR) is 135 cm³/mol. The van der Waals surface area contributed by atoms with E-state index in [4.69, 9.17) is 0 Å². The van der Waals surface area contributed by atoms with Crippen molar-refractivity contribution in [2.24, 2.45) is 0 Å². The molecule has 0 saturated carbocycles. The van der Waals surface area contributed by atoms with Crippen molar-refractivity contribution in [3.63, 3.8) is 0 Å². The molecule has 1 atom stereocenters. The van der Waals surface area contributed by atoms with E-state index in [9.17, 15) is 0 Å². The molecule has 2 aromatic carbocycles. The van der Waals surface area contributed by atoms with Gasteiger partial charge in [-0.3, -0.25) is 0 Å². The molecule has 0 radical (unpaired) electrons.